The number of esters is 1. The second kappa shape index (κ2) is 9.48. The number of benzene rings is 1. The highest BCUT2D eigenvalue weighted by molar-refractivity contribution is 5.71. The number of nitrogens with zero attached hydrogens (tertiary/aromatic N) is 1. The molecule has 0 aliphatic carbocycles. The van der Waals surface area contributed by atoms with Crippen LogP contribution in [0.2, 0.25) is 0 Å². The van der Waals surface area contributed by atoms with Crippen LogP contribution in [0.3, 0.4) is 0 Å². The van der Waals surface area contributed by atoms with Crippen molar-refractivity contribution >= 4 is 12.1 Å². The second-order valence-corrected chi connectivity index (χ2v) is 7.35. The number of likely N-dealkylation sites (tertiary alicyclic amines) is 1. The molecule has 7 nitrogen and oxygen atoms in total. The standard InChI is InChI=1S/C20H29NO6/c1-5-24-18(22)14-25-15-6-8-16(9-7-15)26-17-10-12-21(13-11-17)19(23)27-20(2,3)4/h6-9,17H,5,10-14H2,1-4H3. The van der Waals surface area contributed by atoms with Crippen molar-refractivity contribution < 1.29 is 28.5 Å². The van der Waals surface area contributed by atoms with Crippen LogP contribution in [-0.4, -0.2) is 55.0 Å². The first-order valence-electron chi connectivity index (χ1n) is 9.30. The lowest BCUT2D eigenvalue weighted by atomic mass is 10.1. The van der Waals surface area contributed by atoms with E-state index < -0.39 is 11.6 Å². The van der Waals surface area contributed by atoms with Crippen LogP contribution in [0.5, 0.6) is 11.5 Å². The summed E-state index contributed by atoms with van der Waals surface area (Å²) in [5.74, 6) is 0.916. The Morgan fingerprint density at radius 1 is 1.07 bits per heavy atom. The molecule has 2 rings (SSSR count). The zero-order chi connectivity index (χ0) is 19.9. The zero-order valence-corrected chi connectivity index (χ0v) is 16.5. The van der Waals surface area contributed by atoms with Crippen LogP contribution in [0.15, 0.2) is 24.3 Å². The molecule has 0 N–H and O–H groups in total. The van der Waals surface area contributed by atoms with Gasteiger partial charge in [0.15, 0.2) is 6.61 Å². The average molecular weight is 379 g/mol. The Bertz CT molecular complexity index is 614. The SMILES string of the molecule is CCOC(=O)COc1ccc(OC2CCN(C(=O)OC(C)(C)C)CC2)cc1. The van der Waals surface area contributed by atoms with Gasteiger partial charge in [0.2, 0.25) is 0 Å². The van der Waals surface area contributed by atoms with Crippen molar-refractivity contribution in [1.82, 2.24) is 4.90 Å². The molecule has 1 aliphatic heterocycles. The van der Waals surface area contributed by atoms with E-state index in [-0.39, 0.29) is 18.8 Å². The van der Waals surface area contributed by atoms with Crippen molar-refractivity contribution in [3.8, 4) is 11.5 Å². The molecule has 0 saturated carbocycles. The number of carbonyl (C=O) groups is 2. The van der Waals surface area contributed by atoms with Gasteiger partial charge >= 0.3 is 12.1 Å². The molecule has 150 valence electrons. The van der Waals surface area contributed by atoms with E-state index in [0.29, 0.717) is 25.4 Å². The molecule has 1 saturated heterocycles. The summed E-state index contributed by atoms with van der Waals surface area (Å²) in [4.78, 5) is 25.1. The molecule has 1 aromatic carbocycles. The quantitative estimate of drug-likeness (QED) is 0.705. The summed E-state index contributed by atoms with van der Waals surface area (Å²) >= 11 is 0. The van der Waals surface area contributed by atoms with Gasteiger partial charge in [-0.15, -0.1) is 0 Å². The molecule has 7 heteroatoms. The number of rotatable bonds is 6. The van der Waals surface area contributed by atoms with E-state index in [0.717, 1.165) is 18.6 Å². The zero-order valence-electron chi connectivity index (χ0n) is 16.5. The summed E-state index contributed by atoms with van der Waals surface area (Å²) in [6, 6.07) is 7.12. The molecule has 0 radical (unpaired) electrons. The van der Waals surface area contributed by atoms with Crippen molar-refractivity contribution in [2.24, 2.45) is 0 Å². The van der Waals surface area contributed by atoms with Crippen LogP contribution in [0.4, 0.5) is 4.79 Å². The highest BCUT2D eigenvalue weighted by atomic mass is 16.6. The lowest BCUT2D eigenvalue weighted by Gasteiger charge is -2.33. The van der Waals surface area contributed by atoms with E-state index in [2.05, 4.69) is 0 Å². The van der Waals surface area contributed by atoms with Gasteiger partial charge in [0, 0.05) is 25.9 Å². The fourth-order valence-corrected chi connectivity index (χ4v) is 2.63. The van der Waals surface area contributed by atoms with Gasteiger partial charge in [0.1, 0.15) is 23.2 Å². The molecule has 0 spiro atoms. The molecule has 27 heavy (non-hydrogen) atoms. The van der Waals surface area contributed by atoms with E-state index in [1.165, 1.54) is 0 Å². The Labute approximate surface area is 160 Å². The number of amides is 1. The maximum atomic E-state index is 12.1. The summed E-state index contributed by atoms with van der Waals surface area (Å²) in [6.45, 7) is 8.78. The van der Waals surface area contributed by atoms with Gasteiger partial charge in [0.05, 0.1) is 6.61 Å². The molecule has 0 atom stereocenters. The molecule has 1 aromatic rings. The molecule has 1 amide bonds. The Balaban J connectivity index is 1.75. The monoisotopic (exact) mass is 379 g/mol. The molecular weight excluding hydrogens is 350 g/mol. The Kier molecular flexibility index (Phi) is 7.33. The smallest absolute Gasteiger partial charge is 0.410 e. The predicted octanol–water partition coefficient (Wildman–Crippen LogP) is 3.41. The fourth-order valence-electron chi connectivity index (χ4n) is 2.63. The summed E-state index contributed by atoms with van der Waals surface area (Å²) in [5, 5.41) is 0. The van der Waals surface area contributed by atoms with Crippen molar-refractivity contribution in [3.63, 3.8) is 0 Å². The maximum Gasteiger partial charge on any atom is 0.410 e. The number of hydrogen-bond acceptors (Lipinski definition) is 6. The van der Waals surface area contributed by atoms with E-state index in [9.17, 15) is 9.59 Å². The van der Waals surface area contributed by atoms with Crippen molar-refractivity contribution in [2.75, 3.05) is 26.3 Å². The van der Waals surface area contributed by atoms with Gasteiger partial charge in [-0.1, -0.05) is 0 Å². The first kappa shape index (κ1) is 20.9. The largest absolute Gasteiger partial charge is 0.490 e. The third-order valence-electron chi connectivity index (χ3n) is 3.88. The number of hydrogen-bond donors (Lipinski definition) is 0. The van der Waals surface area contributed by atoms with Gasteiger partial charge < -0.3 is 23.8 Å². The Hall–Kier alpha value is -2.44. The maximum absolute atomic E-state index is 12.1. The lowest BCUT2D eigenvalue weighted by molar-refractivity contribution is -0.145. The van der Waals surface area contributed by atoms with Crippen LogP contribution in [0, 0.1) is 0 Å². The highest BCUT2D eigenvalue weighted by Crippen LogP contribution is 2.23. The normalized spacial score (nSPS) is 15.2. The predicted molar refractivity (Wildman–Crippen MR) is 100 cm³/mol. The van der Waals surface area contributed by atoms with Crippen molar-refractivity contribution in [2.45, 2.75) is 52.2 Å². The molecule has 0 unspecified atom stereocenters. The third kappa shape index (κ3) is 7.37. The molecular formula is C20H29NO6. The van der Waals surface area contributed by atoms with Crippen LogP contribution >= 0.6 is 0 Å². The Morgan fingerprint density at radius 2 is 1.67 bits per heavy atom. The van der Waals surface area contributed by atoms with E-state index in [4.69, 9.17) is 18.9 Å². The van der Waals surface area contributed by atoms with Crippen LogP contribution < -0.4 is 9.47 Å². The molecule has 0 aromatic heterocycles. The van der Waals surface area contributed by atoms with Gasteiger partial charge in [-0.3, -0.25) is 0 Å². The topological polar surface area (TPSA) is 74.3 Å². The second-order valence-electron chi connectivity index (χ2n) is 7.35. The average Bonchev–Trinajstić information content (AvgIpc) is 2.60. The number of ether oxygens (including phenoxy) is 4. The molecule has 1 fully saturated rings. The van der Waals surface area contributed by atoms with Gasteiger partial charge in [-0.25, -0.2) is 9.59 Å². The number of carbonyl (C=O) groups excluding carboxylic acids is 2. The van der Waals surface area contributed by atoms with Gasteiger partial charge in [-0.05, 0) is 52.0 Å². The van der Waals surface area contributed by atoms with Gasteiger partial charge in [0.25, 0.3) is 0 Å². The minimum Gasteiger partial charge on any atom is -0.490 e. The molecule has 0 bridgehead atoms. The number of piperidine rings is 1. The minimum atomic E-state index is -0.485. The Morgan fingerprint density at radius 3 is 2.22 bits per heavy atom. The first-order valence-corrected chi connectivity index (χ1v) is 9.30. The fraction of sp³-hybridized carbons (Fsp3) is 0.600. The first-order chi connectivity index (χ1) is 12.8. The summed E-state index contributed by atoms with van der Waals surface area (Å²) in [5.41, 5.74) is -0.485. The van der Waals surface area contributed by atoms with Crippen LogP contribution in [0.1, 0.15) is 40.5 Å². The van der Waals surface area contributed by atoms with E-state index >= 15 is 0 Å². The minimum absolute atomic E-state index is 0.0509. The van der Waals surface area contributed by atoms with Crippen molar-refractivity contribution in [1.29, 1.82) is 0 Å². The lowest BCUT2D eigenvalue weighted by Crippen LogP contribution is -2.44. The molecule has 1 heterocycles. The molecule has 1 aliphatic rings. The third-order valence-corrected chi connectivity index (χ3v) is 3.88. The van der Waals surface area contributed by atoms with E-state index in [1.807, 2.05) is 20.8 Å². The summed E-state index contributed by atoms with van der Waals surface area (Å²) in [7, 11) is 0. The van der Waals surface area contributed by atoms with Crippen molar-refractivity contribution in [3.05, 3.63) is 24.3 Å². The highest BCUT2D eigenvalue weighted by Gasteiger charge is 2.27. The summed E-state index contributed by atoms with van der Waals surface area (Å²) in [6.07, 6.45) is 1.28. The summed E-state index contributed by atoms with van der Waals surface area (Å²) < 4.78 is 21.5. The van der Waals surface area contributed by atoms with Crippen LogP contribution in [0.25, 0.3) is 0 Å². The van der Waals surface area contributed by atoms with Gasteiger partial charge in [-0.2, -0.15) is 0 Å². The van der Waals surface area contributed by atoms with E-state index in [1.54, 1.807) is 36.1 Å². The van der Waals surface area contributed by atoms with Crippen LogP contribution in [-0.2, 0) is 14.3 Å².